The summed E-state index contributed by atoms with van der Waals surface area (Å²) < 4.78 is 13.9. The first-order valence-corrected chi connectivity index (χ1v) is 6.17. The van der Waals surface area contributed by atoms with Gasteiger partial charge in [-0.1, -0.05) is 0 Å². The summed E-state index contributed by atoms with van der Waals surface area (Å²) in [5, 5.41) is 9.87. The second kappa shape index (κ2) is 4.00. The molecule has 0 atom stereocenters. The van der Waals surface area contributed by atoms with Crippen molar-refractivity contribution < 1.29 is 9.50 Å². The largest absolute Gasteiger partial charge is 0.506 e. The zero-order chi connectivity index (χ0) is 11.9. The van der Waals surface area contributed by atoms with E-state index in [-0.39, 0.29) is 17.1 Å². The predicted octanol–water partition coefficient (Wildman–Crippen LogP) is 3.03. The van der Waals surface area contributed by atoms with Crippen molar-refractivity contribution in [3.63, 3.8) is 0 Å². The lowest BCUT2D eigenvalue weighted by atomic mass is 9.99. The van der Waals surface area contributed by atoms with Gasteiger partial charge in [0, 0.05) is 11.1 Å². The van der Waals surface area contributed by atoms with Crippen LogP contribution in [0.25, 0.3) is 0 Å². The highest BCUT2D eigenvalue weighted by Gasteiger charge is 2.37. The molecule has 1 saturated carbocycles. The van der Waals surface area contributed by atoms with E-state index in [1.54, 1.807) is 6.92 Å². The highest BCUT2D eigenvalue weighted by Crippen LogP contribution is 2.39. The van der Waals surface area contributed by atoms with Crippen molar-refractivity contribution in [3.8, 4) is 5.75 Å². The molecule has 0 saturated heterocycles. The number of rotatable bonds is 3. The summed E-state index contributed by atoms with van der Waals surface area (Å²) in [7, 11) is 0. The minimum absolute atomic E-state index is 0.0718. The Morgan fingerprint density at radius 1 is 1.56 bits per heavy atom. The zero-order valence-corrected chi connectivity index (χ0v) is 10.8. The van der Waals surface area contributed by atoms with Gasteiger partial charge < -0.3 is 10.8 Å². The van der Waals surface area contributed by atoms with Gasteiger partial charge in [-0.2, -0.15) is 0 Å². The Labute approximate surface area is 103 Å². The molecule has 3 N–H and O–H groups in total. The molecule has 1 aliphatic carbocycles. The van der Waals surface area contributed by atoms with E-state index in [1.165, 1.54) is 6.07 Å². The Kier molecular flexibility index (Phi) is 2.97. The molecule has 1 aromatic rings. The third kappa shape index (κ3) is 2.23. The first-order valence-electron chi connectivity index (χ1n) is 5.38. The molecule has 0 heterocycles. The normalized spacial score (nSPS) is 17.5. The Balaban J connectivity index is 2.24. The Morgan fingerprint density at radius 2 is 2.19 bits per heavy atom. The minimum atomic E-state index is -0.290. The van der Waals surface area contributed by atoms with E-state index in [2.05, 4.69) is 15.9 Å². The molecular weight excluding hydrogens is 273 g/mol. The quantitative estimate of drug-likeness (QED) is 0.898. The lowest BCUT2D eigenvalue weighted by Gasteiger charge is -2.13. The number of halogens is 2. The summed E-state index contributed by atoms with van der Waals surface area (Å²) in [6, 6.07) is 1.30. The van der Waals surface area contributed by atoms with Crippen molar-refractivity contribution in [2.24, 2.45) is 5.73 Å². The van der Waals surface area contributed by atoms with Gasteiger partial charge in [0.1, 0.15) is 11.6 Å². The summed E-state index contributed by atoms with van der Waals surface area (Å²) in [4.78, 5) is 0. The summed E-state index contributed by atoms with van der Waals surface area (Å²) in [6.07, 6.45) is 3.49. The second-order valence-corrected chi connectivity index (χ2v) is 5.51. The monoisotopic (exact) mass is 287 g/mol. The number of aromatic hydroxyl groups is 1. The number of hydrogen-bond donors (Lipinski definition) is 2. The molecule has 0 bridgehead atoms. The maximum absolute atomic E-state index is 13.5. The van der Waals surface area contributed by atoms with Crippen molar-refractivity contribution in [1.82, 2.24) is 0 Å². The van der Waals surface area contributed by atoms with E-state index in [4.69, 9.17) is 5.73 Å². The van der Waals surface area contributed by atoms with Crippen LogP contribution in [0.5, 0.6) is 5.75 Å². The molecule has 0 aromatic heterocycles. The molecule has 0 spiro atoms. The van der Waals surface area contributed by atoms with Gasteiger partial charge in [0.25, 0.3) is 0 Å². The van der Waals surface area contributed by atoms with Crippen molar-refractivity contribution in [1.29, 1.82) is 0 Å². The summed E-state index contributed by atoms with van der Waals surface area (Å²) >= 11 is 3.15. The first kappa shape index (κ1) is 11.9. The summed E-state index contributed by atoms with van der Waals surface area (Å²) in [6.45, 7) is 1.69. The number of phenols is 1. The van der Waals surface area contributed by atoms with Crippen LogP contribution in [-0.2, 0) is 6.42 Å². The van der Waals surface area contributed by atoms with Gasteiger partial charge in [-0.05, 0) is 60.2 Å². The topological polar surface area (TPSA) is 46.2 Å². The van der Waals surface area contributed by atoms with Crippen LogP contribution in [0.3, 0.4) is 0 Å². The van der Waals surface area contributed by atoms with Crippen molar-refractivity contribution in [2.45, 2.75) is 38.1 Å². The lowest BCUT2D eigenvalue weighted by molar-refractivity contribution is 0.456. The van der Waals surface area contributed by atoms with E-state index in [1.807, 2.05) is 0 Å². The third-order valence-corrected chi connectivity index (χ3v) is 3.95. The maximum Gasteiger partial charge on any atom is 0.133 e. The van der Waals surface area contributed by atoms with E-state index in [9.17, 15) is 9.50 Å². The molecule has 4 heteroatoms. The predicted molar refractivity (Wildman–Crippen MR) is 65.0 cm³/mol. The van der Waals surface area contributed by atoms with Crippen LogP contribution >= 0.6 is 15.9 Å². The molecular formula is C12H15BrFNO. The van der Waals surface area contributed by atoms with Gasteiger partial charge in [-0.3, -0.25) is 0 Å². The van der Waals surface area contributed by atoms with Crippen LogP contribution in [0.4, 0.5) is 4.39 Å². The van der Waals surface area contributed by atoms with Gasteiger partial charge in [0.2, 0.25) is 0 Å². The Morgan fingerprint density at radius 3 is 2.75 bits per heavy atom. The Bertz CT molecular complexity index is 403. The molecule has 0 unspecified atom stereocenters. The number of hydrogen-bond acceptors (Lipinski definition) is 2. The molecule has 1 aromatic carbocycles. The van der Waals surface area contributed by atoms with Crippen molar-refractivity contribution >= 4 is 15.9 Å². The minimum Gasteiger partial charge on any atom is -0.506 e. The smallest absolute Gasteiger partial charge is 0.133 e. The molecule has 0 radical (unpaired) electrons. The van der Waals surface area contributed by atoms with Crippen LogP contribution in [0.2, 0.25) is 0 Å². The van der Waals surface area contributed by atoms with Crippen LogP contribution in [0.1, 0.15) is 30.4 Å². The van der Waals surface area contributed by atoms with E-state index in [0.29, 0.717) is 22.0 Å². The fourth-order valence-corrected chi connectivity index (χ4v) is 2.28. The van der Waals surface area contributed by atoms with Crippen molar-refractivity contribution in [3.05, 3.63) is 27.5 Å². The van der Waals surface area contributed by atoms with E-state index >= 15 is 0 Å². The van der Waals surface area contributed by atoms with Crippen molar-refractivity contribution in [2.75, 3.05) is 0 Å². The molecule has 1 fully saturated rings. The van der Waals surface area contributed by atoms with E-state index in [0.717, 1.165) is 19.3 Å². The average Bonchev–Trinajstić information content (AvgIpc) is 2.94. The van der Waals surface area contributed by atoms with Gasteiger partial charge >= 0.3 is 0 Å². The maximum atomic E-state index is 13.5. The highest BCUT2D eigenvalue weighted by molar-refractivity contribution is 9.10. The van der Waals surface area contributed by atoms with Crippen LogP contribution < -0.4 is 5.73 Å². The number of phenolic OH excluding ortho intramolecular Hbond substituents is 1. The summed E-state index contributed by atoms with van der Waals surface area (Å²) in [5.41, 5.74) is 7.10. The van der Waals surface area contributed by atoms with Crippen LogP contribution in [0.15, 0.2) is 10.5 Å². The second-order valence-electron chi connectivity index (χ2n) is 4.65. The highest BCUT2D eigenvalue weighted by atomic mass is 79.9. The van der Waals surface area contributed by atoms with Crippen LogP contribution in [-0.4, -0.2) is 10.6 Å². The average molecular weight is 288 g/mol. The molecule has 1 aliphatic rings. The standard InChI is InChI=1S/C12H15BrFNO/c1-7-8(2-3-12(15)4-5-12)11(16)9(13)6-10(7)14/h6,16H,2-5,15H2,1H3. The molecule has 16 heavy (non-hydrogen) atoms. The number of benzene rings is 1. The van der Waals surface area contributed by atoms with Gasteiger partial charge in [-0.25, -0.2) is 4.39 Å². The molecule has 0 amide bonds. The van der Waals surface area contributed by atoms with Gasteiger partial charge in [0.15, 0.2) is 0 Å². The Hall–Kier alpha value is -0.610. The molecule has 2 rings (SSSR count). The zero-order valence-electron chi connectivity index (χ0n) is 9.19. The number of nitrogens with two attached hydrogens (primary N) is 1. The third-order valence-electron chi connectivity index (χ3n) is 3.34. The molecule has 88 valence electrons. The molecule has 0 aliphatic heterocycles. The SMILES string of the molecule is Cc1c(F)cc(Br)c(O)c1CCC1(N)CC1. The van der Waals surface area contributed by atoms with Gasteiger partial charge in [0.05, 0.1) is 4.47 Å². The fraction of sp³-hybridized carbons (Fsp3) is 0.500. The molecule has 2 nitrogen and oxygen atoms in total. The van der Waals surface area contributed by atoms with Crippen LogP contribution in [0, 0.1) is 12.7 Å². The van der Waals surface area contributed by atoms with E-state index < -0.39 is 0 Å². The van der Waals surface area contributed by atoms with Gasteiger partial charge in [-0.15, -0.1) is 0 Å². The fourth-order valence-electron chi connectivity index (χ4n) is 1.84. The lowest BCUT2D eigenvalue weighted by Crippen LogP contribution is -2.22. The first-order chi connectivity index (χ1) is 7.43. The summed E-state index contributed by atoms with van der Waals surface area (Å²) in [5.74, 6) is -0.148.